The van der Waals surface area contributed by atoms with Gasteiger partial charge in [0.15, 0.2) is 12.4 Å². The second kappa shape index (κ2) is 8.44. The van der Waals surface area contributed by atoms with Crippen molar-refractivity contribution >= 4 is 5.91 Å². The summed E-state index contributed by atoms with van der Waals surface area (Å²) in [5.74, 6) is 1.66. The van der Waals surface area contributed by atoms with Crippen LogP contribution in [0.2, 0.25) is 0 Å². The molecular formula is C19H17N5O2. The average Bonchev–Trinajstić information content (AvgIpc) is 3.16. The van der Waals surface area contributed by atoms with E-state index in [9.17, 15) is 4.79 Å². The summed E-state index contributed by atoms with van der Waals surface area (Å²) in [4.78, 5) is 16.2. The molecule has 1 aromatic heterocycles. The minimum absolute atomic E-state index is 0.0857. The number of ether oxygens (including phenoxy) is 1. The van der Waals surface area contributed by atoms with Gasteiger partial charge in [0.25, 0.3) is 5.91 Å². The molecule has 1 heterocycles. The standard InChI is InChI=1S/C19H17N5O2/c20-12-14-6-8-16(9-7-14)26-13-18(25)21-11-10-17-22-19(24-23-17)15-4-2-1-3-5-15/h1-9H,10-11,13H2,(H,21,25)(H,22,23,24). The van der Waals surface area contributed by atoms with Crippen LogP contribution in [0.25, 0.3) is 11.4 Å². The van der Waals surface area contributed by atoms with Crippen molar-refractivity contribution in [2.75, 3.05) is 13.2 Å². The van der Waals surface area contributed by atoms with Crippen LogP contribution in [0.15, 0.2) is 54.6 Å². The quantitative estimate of drug-likeness (QED) is 0.681. The van der Waals surface area contributed by atoms with Gasteiger partial charge in [-0.15, -0.1) is 0 Å². The highest BCUT2D eigenvalue weighted by atomic mass is 16.5. The van der Waals surface area contributed by atoms with Crippen LogP contribution in [0, 0.1) is 11.3 Å². The topological polar surface area (TPSA) is 104 Å². The Hall–Kier alpha value is -3.66. The monoisotopic (exact) mass is 347 g/mol. The van der Waals surface area contributed by atoms with Crippen LogP contribution >= 0.6 is 0 Å². The number of carbonyl (C=O) groups is 1. The molecule has 0 spiro atoms. The van der Waals surface area contributed by atoms with Crippen molar-refractivity contribution < 1.29 is 9.53 Å². The van der Waals surface area contributed by atoms with Crippen LogP contribution in [0.3, 0.4) is 0 Å². The molecule has 2 aromatic carbocycles. The van der Waals surface area contributed by atoms with E-state index in [1.54, 1.807) is 24.3 Å². The summed E-state index contributed by atoms with van der Waals surface area (Å²) >= 11 is 0. The van der Waals surface area contributed by atoms with Crippen LogP contribution in [0.1, 0.15) is 11.4 Å². The van der Waals surface area contributed by atoms with Crippen LogP contribution < -0.4 is 10.1 Å². The first-order valence-electron chi connectivity index (χ1n) is 8.11. The van der Waals surface area contributed by atoms with Gasteiger partial charge in [-0.3, -0.25) is 9.89 Å². The molecule has 1 amide bonds. The highest BCUT2D eigenvalue weighted by Crippen LogP contribution is 2.13. The largest absolute Gasteiger partial charge is 0.484 e. The number of benzene rings is 2. The fourth-order valence-electron chi connectivity index (χ4n) is 2.27. The van der Waals surface area contributed by atoms with Gasteiger partial charge < -0.3 is 10.1 Å². The van der Waals surface area contributed by atoms with Gasteiger partial charge in [0, 0.05) is 18.5 Å². The smallest absolute Gasteiger partial charge is 0.257 e. The first kappa shape index (κ1) is 17.2. The Bertz CT molecular complexity index is 898. The van der Waals surface area contributed by atoms with Crippen molar-refractivity contribution in [2.24, 2.45) is 0 Å². The fourth-order valence-corrected chi connectivity index (χ4v) is 2.27. The lowest BCUT2D eigenvalue weighted by atomic mass is 10.2. The third kappa shape index (κ3) is 4.68. The lowest BCUT2D eigenvalue weighted by Crippen LogP contribution is -2.30. The van der Waals surface area contributed by atoms with Gasteiger partial charge >= 0.3 is 0 Å². The van der Waals surface area contributed by atoms with E-state index in [2.05, 4.69) is 20.5 Å². The van der Waals surface area contributed by atoms with Gasteiger partial charge in [-0.25, -0.2) is 4.98 Å². The Labute approximate surface area is 150 Å². The summed E-state index contributed by atoms with van der Waals surface area (Å²) in [7, 11) is 0. The molecule has 3 rings (SSSR count). The van der Waals surface area contributed by atoms with E-state index in [0.29, 0.717) is 35.9 Å². The summed E-state index contributed by atoms with van der Waals surface area (Å²) < 4.78 is 5.37. The molecule has 2 N–H and O–H groups in total. The number of nitriles is 1. The first-order chi connectivity index (χ1) is 12.7. The van der Waals surface area contributed by atoms with Crippen LogP contribution in [0.4, 0.5) is 0 Å². The van der Waals surface area contributed by atoms with E-state index < -0.39 is 0 Å². The summed E-state index contributed by atoms with van der Waals surface area (Å²) in [6, 6.07) is 18.3. The van der Waals surface area contributed by atoms with E-state index in [-0.39, 0.29) is 12.5 Å². The fraction of sp³-hybridized carbons (Fsp3) is 0.158. The molecular weight excluding hydrogens is 330 g/mol. The molecule has 0 radical (unpaired) electrons. The molecule has 0 aliphatic heterocycles. The van der Waals surface area contributed by atoms with E-state index in [4.69, 9.17) is 10.00 Å². The molecule has 0 unspecified atom stereocenters. The zero-order chi connectivity index (χ0) is 18.2. The van der Waals surface area contributed by atoms with Gasteiger partial charge in [0.2, 0.25) is 0 Å². The molecule has 0 aliphatic carbocycles. The number of nitrogens with one attached hydrogen (secondary N) is 2. The molecule has 7 nitrogen and oxygen atoms in total. The summed E-state index contributed by atoms with van der Waals surface area (Å²) in [6.07, 6.45) is 0.544. The Morgan fingerprint density at radius 1 is 1.15 bits per heavy atom. The minimum Gasteiger partial charge on any atom is -0.484 e. The van der Waals surface area contributed by atoms with Gasteiger partial charge in [0.1, 0.15) is 11.6 Å². The molecule has 0 aliphatic rings. The summed E-state index contributed by atoms with van der Waals surface area (Å²) in [6.45, 7) is 0.344. The Morgan fingerprint density at radius 3 is 2.65 bits per heavy atom. The van der Waals surface area contributed by atoms with Crippen molar-refractivity contribution in [3.8, 4) is 23.2 Å². The highest BCUT2D eigenvalue weighted by molar-refractivity contribution is 5.77. The molecule has 0 fully saturated rings. The van der Waals surface area contributed by atoms with Crippen molar-refractivity contribution in [3.05, 3.63) is 66.0 Å². The molecule has 3 aromatic rings. The first-order valence-corrected chi connectivity index (χ1v) is 8.11. The molecule has 0 saturated carbocycles. The number of rotatable bonds is 7. The van der Waals surface area contributed by atoms with Gasteiger partial charge in [-0.2, -0.15) is 10.4 Å². The van der Waals surface area contributed by atoms with Crippen LogP contribution in [0.5, 0.6) is 5.75 Å². The SMILES string of the molecule is N#Cc1ccc(OCC(=O)NCCc2nc(-c3ccccc3)n[nH]2)cc1. The summed E-state index contributed by atoms with van der Waals surface area (Å²) in [5, 5.41) is 18.6. The molecule has 0 saturated heterocycles. The van der Waals surface area contributed by atoms with Crippen molar-refractivity contribution in [1.29, 1.82) is 5.26 Å². The maximum absolute atomic E-state index is 11.8. The van der Waals surface area contributed by atoms with E-state index in [0.717, 1.165) is 5.56 Å². The van der Waals surface area contributed by atoms with Crippen LogP contribution in [-0.2, 0) is 11.2 Å². The number of aromatic nitrogens is 3. The summed E-state index contributed by atoms with van der Waals surface area (Å²) in [5.41, 5.74) is 1.48. The second-order valence-electron chi connectivity index (χ2n) is 5.50. The third-order valence-corrected chi connectivity index (χ3v) is 3.60. The molecule has 7 heteroatoms. The Kier molecular flexibility index (Phi) is 5.58. The van der Waals surface area contributed by atoms with Crippen molar-refractivity contribution in [2.45, 2.75) is 6.42 Å². The minimum atomic E-state index is -0.225. The number of aromatic amines is 1. The zero-order valence-corrected chi connectivity index (χ0v) is 14.0. The van der Waals surface area contributed by atoms with Crippen molar-refractivity contribution in [3.63, 3.8) is 0 Å². The van der Waals surface area contributed by atoms with E-state index >= 15 is 0 Å². The molecule has 130 valence electrons. The number of H-pyrrole nitrogens is 1. The van der Waals surface area contributed by atoms with Gasteiger partial charge in [0.05, 0.1) is 11.6 Å². The normalized spacial score (nSPS) is 10.1. The Morgan fingerprint density at radius 2 is 1.92 bits per heavy atom. The lowest BCUT2D eigenvalue weighted by Gasteiger charge is -2.06. The lowest BCUT2D eigenvalue weighted by molar-refractivity contribution is -0.123. The number of hydrogen-bond acceptors (Lipinski definition) is 5. The number of nitrogens with zero attached hydrogens (tertiary/aromatic N) is 3. The highest BCUT2D eigenvalue weighted by Gasteiger charge is 2.07. The number of hydrogen-bond donors (Lipinski definition) is 2. The zero-order valence-electron chi connectivity index (χ0n) is 14.0. The molecule has 0 bridgehead atoms. The molecule has 0 atom stereocenters. The van der Waals surface area contributed by atoms with Crippen molar-refractivity contribution in [1.82, 2.24) is 20.5 Å². The predicted octanol–water partition coefficient (Wildman–Crippen LogP) is 2.08. The molecule has 26 heavy (non-hydrogen) atoms. The van der Waals surface area contributed by atoms with Gasteiger partial charge in [-0.1, -0.05) is 30.3 Å². The maximum atomic E-state index is 11.8. The third-order valence-electron chi connectivity index (χ3n) is 3.60. The Balaban J connectivity index is 1.41. The number of carbonyl (C=O) groups excluding carboxylic acids is 1. The predicted molar refractivity (Wildman–Crippen MR) is 95.2 cm³/mol. The van der Waals surface area contributed by atoms with E-state index in [1.807, 2.05) is 36.4 Å². The van der Waals surface area contributed by atoms with E-state index in [1.165, 1.54) is 0 Å². The second-order valence-corrected chi connectivity index (χ2v) is 5.50. The maximum Gasteiger partial charge on any atom is 0.257 e. The van der Waals surface area contributed by atoms with Gasteiger partial charge in [-0.05, 0) is 24.3 Å². The van der Waals surface area contributed by atoms with Crippen LogP contribution in [-0.4, -0.2) is 34.2 Å². The number of amides is 1. The average molecular weight is 347 g/mol.